The summed E-state index contributed by atoms with van der Waals surface area (Å²) in [5.74, 6) is 0.676. The molecule has 0 atom stereocenters. The largest absolute Gasteiger partial charge is 0.495 e. The molecule has 2 N–H and O–H groups in total. The van der Waals surface area contributed by atoms with Crippen LogP contribution in [0.25, 0.3) is 0 Å². The molecule has 1 saturated carbocycles. The third-order valence-corrected chi connectivity index (χ3v) is 3.68. The standard InChI is InChI=1S/C11H12Br2N2O2/c1-17-10-5-9(7(12)4-8(10)13)15-11(16)14-6-2-3-6/h4-6H,2-3H2,1H3,(H2,14,15,16). The van der Waals surface area contributed by atoms with E-state index in [0.717, 1.165) is 21.8 Å². The van der Waals surface area contributed by atoms with Gasteiger partial charge in [0.2, 0.25) is 0 Å². The van der Waals surface area contributed by atoms with Crippen LogP contribution in [-0.2, 0) is 0 Å². The topological polar surface area (TPSA) is 50.4 Å². The molecule has 0 aromatic heterocycles. The molecule has 0 saturated heterocycles. The number of rotatable bonds is 3. The molecule has 6 heteroatoms. The first-order valence-electron chi connectivity index (χ1n) is 5.20. The van der Waals surface area contributed by atoms with Crippen molar-refractivity contribution in [1.29, 1.82) is 0 Å². The van der Waals surface area contributed by atoms with E-state index in [9.17, 15) is 4.79 Å². The molecule has 17 heavy (non-hydrogen) atoms. The number of nitrogens with one attached hydrogen (secondary N) is 2. The van der Waals surface area contributed by atoms with E-state index in [4.69, 9.17) is 4.74 Å². The number of benzene rings is 1. The number of halogens is 2. The Morgan fingerprint density at radius 3 is 2.65 bits per heavy atom. The Kier molecular flexibility index (Phi) is 3.93. The van der Waals surface area contributed by atoms with Gasteiger partial charge in [-0.25, -0.2) is 4.79 Å². The summed E-state index contributed by atoms with van der Waals surface area (Å²) in [6.45, 7) is 0. The van der Waals surface area contributed by atoms with Gasteiger partial charge in [-0.3, -0.25) is 0 Å². The van der Waals surface area contributed by atoms with Gasteiger partial charge in [0.1, 0.15) is 5.75 Å². The van der Waals surface area contributed by atoms with Gasteiger partial charge in [-0.15, -0.1) is 0 Å². The molecule has 0 unspecified atom stereocenters. The molecule has 1 aromatic carbocycles. The highest BCUT2D eigenvalue weighted by Gasteiger charge is 2.23. The van der Waals surface area contributed by atoms with E-state index in [1.807, 2.05) is 6.07 Å². The van der Waals surface area contributed by atoms with Crippen molar-refractivity contribution in [1.82, 2.24) is 5.32 Å². The molecular weight excluding hydrogens is 352 g/mol. The maximum absolute atomic E-state index is 11.6. The molecule has 1 aliphatic rings. The summed E-state index contributed by atoms with van der Waals surface area (Å²) in [5, 5.41) is 5.64. The van der Waals surface area contributed by atoms with E-state index in [1.165, 1.54) is 0 Å². The van der Waals surface area contributed by atoms with E-state index in [1.54, 1.807) is 13.2 Å². The van der Waals surface area contributed by atoms with Gasteiger partial charge in [-0.05, 0) is 50.8 Å². The first kappa shape index (κ1) is 12.7. The highest BCUT2D eigenvalue weighted by atomic mass is 79.9. The third-order valence-electron chi connectivity index (χ3n) is 2.40. The van der Waals surface area contributed by atoms with Crippen molar-refractivity contribution in [3.05, 3.63) is 21.1 Å². The third kappa shape index (κ3) is 3.35. The zero-order chi connectivity index (χ0) is 12.4. The van der Waals surface area contributed by atoms with Gasteiger partial charge in [0.15, 0.2) is 0 Å². The number of anilines is 1. The van der Waals surface area contributed by atoms with Crippen LogP contribution in [0.2, 0.25) is 0 Å². The molecule has 0 bridgehead atoms. The highest BCUT2D eigenvalue weighted by molar-refractivity contribution is 9.11. The molecule has 2 amide bonds. The number of amides is 2. The fraction of sp³-hybridized carbons (Fsp3) is 0.364. The average molecular weight is 364 g/mol. The number of carbonyl (C=O) groups excluding carboxylic acids is 1. The number of urea groups is 1. The zero-order valence-corrected chi connectivity index (χ0v) is 12.4. The second-order valence-corrected chi connectivity index (χ2v) is 5.55. The molecule has 4 nitrogen and oxygen atoms in total. The maximum Gasteiger partial charge on any atom is 0.319 e. The normalized spacial score (nSPS) is 14.3. The lowest BCUT2D eigenvalue weighted by Gasteiger charge is -2.11. The Labute approximate surface area is 116 Å². The predicted molar refractivity (Wildman–Crippen MR) is 73.6 cm³/mol. The van der Waals surface area contributed by atoms with Gasteiger partial charge in [0.05, 0.1) is 17.3 Å². The van der Waals surface area contributed by atoms with Gasteiger partial charge in [-0.2, -0.15) is 0 Å². The lowest BCUT2D eigenvalue weighted by Crippen LogP contribution is -2.30. The van der Waals surface area contributed by atoms with Crippen molar-refractivity contribution < 1.29 is 9.53 Å². The number of ether oxygens (including phenoxy) is 1. The quantitative estimate of drug-likeness (QED) is 0.863. The van der Waals surface area contributed by atoms with E-state index in [2.05, 4.69) is 42.5 Å². The fourth-order valence-corrected chi connectivity index (χ4v) is 2.61. The molecular formula is C11H12Br2N2O2. The zero-order valence-electron chi connectivity index (χ0n) is 9.22. The minimum absolute atomic E-state index is 0.183. The number of hydrogen-bond donors (Lipinski definition) is 2. The second kappa shape index (κ2) is 5.27. The molecule has 0 spiro atoms. The Morgan fingerprint density at radius 1 is 1.35 bits per heavy atom. The minimum Gasteiger partial charge on any atom is -0.495 e. The summed E-state index contributed by atoms with van der Waals surface area (Å²) in [4.78, 5) is 11.6. The molecule has 0 aliphatic heterocycles. The van der Waals surface area contributed by atoms with Crippen molar-refractivity contribution in [3.8, 4) is 5.75 Å². The summed E-state index contributed by atoms with van der Waals surface area (Å²) in [5.41, 5.74) is 0.684. The van der Waals surface area contributed by atoms with E-state index in [-0.39, 0.29) is 6.03 Å². The summed E-state index contributed by atoms with van der Waals surface area (Å²) in [7, 11) is 1.59. The Hall–Kier alpha value is -0.750. The van der Waals surface area contributed by atoms with Crippen molar-refractivity contribution in [2.75, 3.05) is 12.4 Å². The van der Waals surface area contributed by atoms with Crippen LogP contribution in [0.15, 0.2) is 21.1 Å². The number of methoxy groups -OCH3 is 1. The van der Waals surface area contributed by atoms with Crippen LogP contribution in [0, 0.1) is 0 Å². The summed E-state index contributed by atoms with van der Waals surface area (Å²) >= 11 is 6.77. The van der Waals surface area contributed by atoms with Gasteiger partial charge in [0, 0.05) is 16.6 Å². The molecule has 2 rings (SSSR count). The SMILES string of the molecule is COc1cc(NC(=O)NC2CC2)c(Br)cc1Br. The van der Waals surface area contributed by atoms with E-state index >= 15 is 0 Å². The second-order valence-electron chi connectivity index (χ2n) is 3.84. The van der Waals surface area contributed by atoms with Crippen molar-refractivity contribution in [3.63, 3.8) is 0 Å². The number of hydrogen-bond acceptors (Lipinski definition) is 2. The van der Waals surface area contributed by atoms with E-state index < -0.39 is 0 Å². The molecule has 1 fully saturated rings. The van der Waals surface area contributed by atoms with E-state index in [0.29, 0.717) is 17.5 Å². The molecule has 92 valence electrons. The fourth-order valence-electron chi connectivity index (χ4n) is 1.35. The Morgan fingerprint density at radius 2 is 2.06 bits per heavy atom. The first-order chi connectivity index (χ1) is 8.10. The lowest BCUT2D eigenvalue weighted by atomic mass is 10.3. The van der Waals surface area contributed by atoms with Crippen molar-refractivity contribution >= 4 is 43.6 Å². The van der Waals surface area contributed by atoms with Gasteiger partial charge >= 0.3 is 6.03 Å². The minimum atomic E-state index is -0.183. The molecule has 0 heterocycles. The van der Waals surface area contributed by atoms with Gasteiger partial charge < -0.3 is 15.4 Å². The Bertz CT molecular complexity index is 447. The highest BCUT2D eigenvalue weighted by Crippen LogP contribution is 2.34. The lowest BCUT2D eigenvalue weighted by molar-refractivity contribution is 0.251. The van der Waals surface area contributed by atoms with Crippen LogP contribution < -0.4 is 15.4 Å². The maximum atomic E-state index is 11.6. The predicted octanol–water partition coefficient (Wildman–Crippen LogP) is 3.50. The van der Waals surface area contributed by atoms with Crippen LogP contribution in [0.3, 0.4) is 0 Å². The van der Waals surface area contributed by atoms with Crippen molar-refractivity contribution in [2.24, 2.45) is 0 Å². The smallest absolute Gasteiger partial charge is 0.319 e. The monoisotopic (exact) mass is 362 g/mol. The van der Waals surface area contributed by atoms with Crippen LogP contribution in [0.5, 0.6) is 5.75 Å². The molecule has 0 radical (unpaired) electrons. The van der Waals surface area contributed by atoms with Crippen LogP contribution >= 0.6 is 31.9 Å². The van der Waals surface area contributed by atoms with Crippen molar-refractivity contribution in [2.45, 2.75) is 18.9 Å². The van der Waals surface area contributed by atoms with Gasteiger partial charge in [0.25, 0.3) is 0 Å². The Balaban J connectivity index is 2.10. The number of carbonyl (C=O) groups is 1. The van der Waals surface area contributed by atoms with Gasteiger partial charge in [-0.1, -0.05) is 0 Å². The summed E-state index contributed by atoms with van der Waals surface area (Å²) in [6, 6.07) is 3.76. The average Bonchev–Trinajstić information content (AvgIpc) is 3.06. The van der Waals surface area contributed by atoms with Crippen LogP contribution in [-0.4, -0.2) is 19.2 Å². The van der Waals surface area contributed by atoms with Crippen LogP contribution in [0.1, 0.15) is 12.8 Å². The molecule has 1 aromatic rings. The first-order valence-corrected chi connectivity index (χ1v) is 6.79. The summed E-state index contributed by atoms with van der Waals surface area (Å²) in [6.07, 6.45) is 2.14. The van der Waals surface area contributed by atoms with Crippen LogP contribution in [0.4, 0.5) is 10.5 Å². The summed E-state index contributed by atoms with van der Waals surface area (Å²) < 4.78 is 6.81. The molecule has 1 aliphatic carbocycles.